The number of thiophene rings is 1. The van der Waals surface area contributed by atoms with Crippen molar-refractivity contribution in [1.82, 2.24) is 0 Å². The summed E-state index contributed by atoms with van der Waals surface area (Å²) in [6, 6.07) is 10.4. The van der Waals surface area contributed by atoms with Crippen molar-refractivity contribution in [2.75, 3.05) is 35.0 Å². The molecule has 3 aromatic rings. The average molecular weight is 485 g/mol. The number of allylic oxidation sites excluding steroid dienone is 1. The third-order valence-corrected chi connectivity index (χ3v) is 5.74. The van der Waals surface area contributed by atoms with Gasteiger partial charge in [-0.3, -0.25) is 4.79 Å². The zero-order valence-corrected chi connectivity index (χ0v) is 19.9. The van der Waals surface area contributed by atoms with Gasteiger partial charge in [0.1, 0.15) is 11.5 Å². The highest BCUT2D eigenvalue weighted by Gasteiger charge is 2.17. The molecule has 0 unspecified atom stereocenters. The monoisotopic (exact) mass is 484 g/mol. The third kappa shape index (κ3) is 5.49. The van der Waals surface area contributed by atoms with Crippen LogP contribution in [0.2, 0.25) is 0 Å². The second-order valence-corrected chi connectivity index (χ2v) is 7.81. The van der Waals surface area contributed by atoms with E-state index in [2.05, 4.69) is 0 Å². The van der Waals surface area contributed by atoms with Crippen molar-refractivity contribution >= 4 is 29.2 Å². The first kappa shape index (κ1) is 24.7. The SMILES string of the molecule is COc1cc(OCC(=O)O)c(/C=C/C(=O)c2cc(OC)c(OC)c(OC)c2)cc1-c1cccs1. The van der Waals surface area contributed by atoms with Gasteiger partial charge in [0.15, 0.2) is 23.9 Å². The molecule has 0 aliphatic carbocycles. The third-order valence-electron chi connectivity index (χ3n) is 4.83. The quantitative estimate of drug-likeness (QED) is 0.306. The molecule has 0 fully saturated rings. The molecule has 3 rings (SSSR count). The van der Waals surface area contributed by atoms with Gasteiger partial charge in [-0.15, -0.1) is 11.3 Å². The fourth-order valence-electron chi connectivity index (χ4n) is 3.25. The fraction of sp³-hybridized carbons (Fsp3) is 0.200. The van der Waals surface area contributed by atoms with E-state index in [1.807, 2.05) is 17.5 Å². The Hall–Kier alpha value is -3.98. The first-order valence-electron chi connectivity index (χ1n) is 10.0. The normalized spacial score (nSPS) is 10.7. The minimum atomic E-state index is -1.12. The van der Waals surface area contributed by atoms with Crippen molar-refractivity contribution in [3.8, 4) is 39.2 Å². The van der Waals surface area contributed by atoms with Crippen LogP contribution in [0.1, 0.15) is 15.9 Å². The first-order chi connectivity index (χ1) is 16.4. The number of ether oxygens (including phenoxy) is 5. The highest BCUT2D eigenvalue weighted by molar-refractivity contribution is 7.13. The lowest BCUT2D eigenvalue weighted by Gasteiger charge is -2.14. The molecule has 0 bridgehead atoms. The lowest BCUT2D eigenvalue weighted by molar-refractivity contribution is -0.139. The number of carboxylic acids is 1. The van der Waals surface area contributed by atoms with Crippen molar-refractivity contribution in [1.29, 1.82) is 0 Å². The Morgan fingerprint density at radius 3 is 2.12 bits per heavy atom. The maximum Gasteiger partial charge on any atom is 0.341 e. The number of aliphatic carboxylic acids is 1. The summed E-state index contributed by atoms with van der Waals surface area (Å²) < 4.78 is 26.9. The van der Waals surface area contributed by atoms with Gasteiger partial charge in [0.25, 0.3) is 0 Å². The molecule has 2 aromatic carbocycles. The smallest absolute Gasteiger partial charge is 0.341 e. The zero-order valence-electron chi connectivity index (χ0n) is 19.1. The van der Waals surface area contributed by atoms with Crippen LogP contribution in [0.4, 0.5) is 0 Å². The number of carbonyl (C=O) groups excluding carboxylic acids is 1. The minimum absolute atomic E-state index is 0.272. The van der Waals surface area contributed by atoms with Crippen LogP contribution in [0.5, 0.6) is 28.7 Å². The summed E-state index contributed by atoms with van der Waals surface area (Å²) in [5.74, 6) is 0.443. The topological polar surface area (TPSA) is 101 Å². The molecule has 0 saturated carbocycles. The Morgan fingerprint density at radius 2 is 1.59 bits per heavy atom. The summed E-state index contributed by atoms with van der Waals surface area (Å²) in [5, 5.41) is 11.0. The fourth-order valence-corrected chi connectivity index (χ4v) is 4.00. The van der Waals surface area contributed by atoms with Gasteiger partial charge in [0.2, 0.25) is 5.75 Å². The molecular formula is C25H24O8S. The van der Waals surface area contributed by atoms with E-state index in [1.54, 1.807) is 30.3 Å². The molecule has 1 N–H and O–H groups in total. The van der Waals surface area contributed by atoms with Gasteiger partial charge in [-0.1, -0.05) is 6.07 Å². The van der Waals surface area contributed by atoms with Crippen molar-refractivity contribution in [3.05, 3.63) is 59.0 Å². The predicted molar refractivity (Wildman–Crippen MR) is 129 cm³/mol. The molecule has 0 radical (unpaired) electrons. The lowest BCUT2D eigenvalue weighted by atomic mass is 10.0. The van der Waals surface area contributed by atoms with Crippen LogP contribution in [0.15, 0.2) is 47.9 Å². The maximum absolute atomic E-state index is 13.0. The standard InChI is InChI=1S/C25H24O8S/c1-29-20-13-19(33-14-24(27)28)15(10-17(20)23-6-5-9-34-23)7-8-18(26)16-11-21(30-2)25(32-4)22(12-16)31-3/h5-13H,14H2,1-4H3,(H,27,28)/b8-7+. The van der Waals surface area contributed by atoms with Crippen LogP contribution < -0.4 is 23.7 Å². The molecule has 0 spiro atoms. The number of hydrogen-bond donors (Lipinski definition) is 1. The molecule has 0 atom stereocenters. The van der Waals surface area contributed by atoms with Gasteiger partial charge < -0.3 is 28.8 Å². The van der Waals surface area contributed by atoms with E-state index in [4.69, 9.17) is 28.8 Å². The Bertz CT molecular complexity index is 1170. The average Bonchev–Trinajstić information content (AvgIpc) is 3.39. The zero-order chi connectivity index (χ0) is 24.7. The molecule has 9 heteroatoms. The Morgan fingerprint density at radius 1 is 0.912 bits per heavy atom. The lowest BCUT2D eigenvalue weighted by Crippen LogP contribution is -2.10. The molecule has 34 heavy (non-hydrogen) atoms. The van der Waals surface area contributed by atoms with E-state index in [0.29, 0.717) is 34.1 Å². The van der Waals surface area contributed by atoms with E-state index >= 15 is 0 Å². The van der Waals surface area contributed by atoms with Crippen LogP contribution in [0, 0.1) is 0 Å². The highest BCUT2D eigenvalue weighted by atomic mass is 32.1. The van der Waals surface area contributed by atoms with Crippen molar-refractivity contribution in [3.63, 3.8) is 0 Å². The Kier molecular flexibility index (Phi) is 8.15. The number of benzene rings is 2. The molecule has 178 valence electrons. The first-order valence-corrected chi connectivity index (χ1v) is 10.9. The van der Waals surface area contributed by atoms with Crippen LogP contribution in [-0.4, -0.2) is 51.9 Å². The van der Waals surface area contributed by atoms with Gasteiger partial charge in [0, 0.05) is 27.6 Å². The highest BCUT2D eigenvalue weighted by Crippen LogP contribution is 2.40. The van der Waals surface area contributed by atoms with E-state index in [-0.39, 0.29) is 11.5 Å². The molecule has 0 saturated heterocycles. The number of methoxy groups -OCH3 is 4. The molecular weight excluding hydrogens is 460 g/mol. The predicted octanol–water partition coefficient (Wildman–Crippen LogP) is 4.81. The number of hydrogen-bond acceptors (Lipinski definition) is 8. The number of rotatable bonds is 11. The summed E-state index contributed by atoms with van der Waals surface area (Å²) in [7, 11) is 5.94. The largest absolute Gasteiger partial charge is 0.496 e. The minimum Gasteiger partial charge on any atom is -0.496 e. The van der Waals surface area contributed by atoms with E-state index < -0.39 is 12.6 Å². The second kappa shape index (κ2) is 11.2. The van der Waals surface area contributed by atoms with Crippen LogP contribution in [0.25, 0.3) is 16.5 Å². The van der Waals surface area contributed by atoms with Gasteiger partial charge in [-0.25, -0.2) is 4.79 Å². The summed E-state index contributed by atoms with van der Waals surface area (Å²) >= 11 is 1.53. The van der Waals surface area contributed by atoms with E-state index in [1.165, 1.54) is 45.9 Å². The van der Waals surface area contributed by atoms with Crippen molar-refractivity contribution < 1.29 is 38.4 Å². The van der Waals surface area contributed by atoms with Crippen LogP contribution >= 0.6 is 11.3 Å². The Balaban J connectivity index is 2.03. The van der Waals surface area contributed by atoms with Crippen LogP contribution in [0.3, 0.4) is 0 Å². The van der Waals surface area contributed by atoms with Gasteiger partial charge >= 0.3 is 5.97 Å². The molecule has 0 amide bonds. The maximum atomic E-state index is 13.0. The summed E-state index contributed by atoms with van der Waals surface area (Å²) in [4.78, 5) is 25.0. The summed E-state index contributed by atoms with van der Waals surface area (Å²) in [6.07, 6.45) is 2.94. The molecule has 0 aliphatic heterocycles. The number of ketones is 1. The number of carbonyl (C=O) groups is 2. The van der Waals surface area contributed by atoms with E-state index in [9.17, 15) is 9.59 Å². The number of carboxylic acid groups (broad SMARTS) is 1. The van der Waals surface area contributed by atoms with Gasteiger partial charge in [-0.05, 0) is 41.8 Å². The molecule has 1 heterocycles. The Labute approximate surface area is 200 Å². The van der Waals surface area contributed by atoms with Crippen LogP contribution in [-0.2, 0) is 4.79 Å². The van der Waals surface area contributed by atoms with Gasteiger partial charge in [0.05, 0.1) is 28.4 Å². The second-order valence-electron chi connectivity index (χ2n) is 6.86. The molecule has 0 aliphatic rings. The van der Waals surface area contributed by atoms with Crippen molar-refractivity contribution in [2.45, 2.75) is 0 Å². The van der Waals surface area contributed by atoms with Gasteiger partial charge in [-0.2, -0.15) is 0 Å². The van der Waals surface area contributed by atoms with Crippen molar-refractivity contribution in [2.24, 2.45) is 0 Å². The summed E-state index contributed by atoms with van der Waals surface area (Å²) in [6.45, 7) is -0.539. The molecule has 1 aromatic heterocycles. The van der Waals surface area contributed by atoms with E-state index in [0.717, 1.165) is 10.4 Å². The molecule has 8 nitrogen and oxygen atoms in total. The summed E-state index contributed by atoms with van der Waals surface area (Å²) in [5.41, 5.74) is 1.64.